The van der Waals surface area contributed by atoms with Crippen LogP contribution in [0.3, 0.4) is 0 Å². The number of methoxy groups -OCH3 is 1. The van der Waals surface area contributed by atoms with Crippen LogP contribution in [-0.4, -0.2) is 34.7 Å². The average Bonchev–Trinajstić information content (AvgIpc) is 2.73. The monoisotopic (exact) mass is 453 g/mol. The molecule has 0 fully saturated rings. The van der Waals surface area contributed by atoms with Crippen LogP contribution in [-0.2, 0) is 13.0 Å². The van der Waals surface area contributed by atoms with Gasteiger partial charge >= 0.3 is 0 Å². The molecule has 0 unspecified atom stereocenters. The first kappa shape index (κ1) is 19.3. The van der Waals surface area contributed by atoms with Gasteiger partial charge in [-0.15, -0.1) is 0 Å². The van der Waals surface area contributed by atoms with Crippen molar-refractivity contribution in [3.8, 4) is 28.4 Å². The molecule has 3 aromatic rings. The summed E-state index contributed by atoms with van der Waals surface area (Å²) in [7, 11) is 1.53. The summed E-state index contributed by atoms with van der Waals surface area (Å²) in [6.45, 7) is 1.04. The van der Waals surface area contributed by atoms with E-state index in [1.807, 2.05) is 30.3 Å². The van der Waals surface area contributed by atoms with Crippen LogP contribution in [0.25, 0.3) is 11.1 Å². The van der Waals surface area contributed by atoms with E-state index in [1.165, 1.54) is 18.7 Å². The molecule has 1 heterocycles. The summed E-state index contributed by atoms with van der Waals surface area (Å²) in [6.07, 6.45) is 0.706. The summed E-state index contributed by atoms with van der Waals surface area (Å²) in [5.74, 6) is 0.322. The number of rotatable bonds is 3. The van der Waals surface area contributed by atoms with Crippen molar-refractivity contribution in [1.82, 2.24) is 4.90 Å². The van der Waals surface area contributed by atoms with Gasteiger partial charge in [-0.2, -0.15) is 0 Å². The van der Waals surface area contributed by atoms with E-state index in [-0.39, 0.29) is 17.4 Å². The predicted octanol–water partition coefficient (Wildman–Crippen LogP) is 4.73. The molecule has 1 aliphatic rings. The third kappa shape index (κ3) is 3.68. The molecule has 0 aliphatic carbocycles. The summed E-state index contributed by atoms with van der Waals surface area (Å²) in [4.78, 5) is 14.7. The average molecular weight is 454 g/mol. The lowest BCUT2D eigenvalue weighted by Gasteiger charge is -2.30. The third-order valence-electron chi connectivity index (χ3n) is 5.23. The summed E-state index contributed by atoms with van der Waals surface area (Å²) in [6, 6.07) is 16.3. The largest absolute Gasteiger partial charge is 0.507 e. The first-order valence-electron chi connectivity index (χ1n) is 9.24. The van der Waals surface area contributed by atoms with E-state index in [1.54, 1.807) is 23.1 Å². The van der Waals surface area contributed by atoms with Crippen LogP contribution in [0.2, 0.25) is 0 Å². The number of phenols is 2. The highest BCUT2D eigenvalue weighted by atomic mass is 79.9. The van der Waals surface area contributed by atoms with E-state index in [2.05, 4.69) is 15.9 Å². The molecule has 3 aromatic carbocycles. The molecule has 0 bridgehead atoms. The van der Waals surface area contributed by atoms with Crippen molar-refractivity contribution in [3.05, 3.63) is 75.8 Å². The number of hydrogen-bond acceptors (Lipinski definition) is 4. The lowest BCUT2D eigenvalue weighted by atomic mass is 9.90. The first-order chi connectivity index (χ1) is 14.0. The Morgan fingerprint density at radius 1 is 1.07 bits per heavy atom. The molecule has 0 saturated heterocycles. The number of amides is 1. The number of carbonyl (C=O) groups is 1. The normalized spacial score (nSPS) is 13.1. The molecule has 0 radical (unpaired) electrons. The maximum atomic E-state index is 12.9. The fraction of sp³-hybridized carbons (Fsp3) is 0.174. The summed E-state index contributed by atoms with van der Waals surface area (Å²) < 4.78 is 5.96. The van der Waals surface area contributed by atoms with Crippen molar-refractivity contribution >= 4 is 21.8 Å². The number of benzene rings is 3. The van der Waals surface area contributed by atoms with Crippen molar-refractivity contribution in [2.45, 2.75) is 13.0 Å². The van der Waals surface area contributed by atoms with Gasteiger partial charge in [0.1, 0.15) is 5.75 Å². The molecule has 4 rings (SSSR count). The molecule has 1 aliphatic heterocycles. The SMILES string of the molecule is COc1cc(-c2cccc3c2CCN(C(=O)c2ccc(Br)cc2O)C3)ccc1O. The molecule has 29 heavy (non-hydrogen) atoms. The van der Waals surface area contributed by atoms with Crippen molar-refractivity contribution in [2.75, 3.05) is 13.7 Å². The predicted molar refractivity (Wildman–Crippen MR) is 114 cm³/mol. The van der Waals surface area contributed by atoms with E-state index >= 15 is 0 Å². The van der Waals surface area contributed by atoms with Crippen LogP contribution in [0.5, 0.6) is 17.2 Å². The summed E-state index contributed by atoms with van der Waals surface area (Å²) >= 11 is 3.30. The number of phenolic OH excluding ortho intramolecular Hbond substituents is 2. The second-order valence-electron chi connectivity index (χ2n) is 6.97. The van der Waals surface area contributed by atoms with E-state index in [9.17, 15) is 15.0 Å². The summed E-state index contributed by atoms with van der Waals surface area (Å²) in [5, 5.41) is 20.0. The second-order valence-corrected chi connectivity index (χ2v) is 7.88. The number of ether oxygens (including phenoxy) is 1. The van der Waals surface area contributed by atoms with Crippen LogP contribution >= 0.6 is 15.9 Å². The van der Waals surface area contributed by atoms with Crippen molar-refractivity contribution in [3.63, 3.8) is 0 Å². The molecule has 6 heteroatoms. The smallest absolute Gasteiger partial charge is 0.257 e. The van der Waals surface area contributed by atoms with Gasteiger partial charge in [-0.3, -0.25) is 4.79 Å². The molecule has 148 valence electrons. The van der Waals surface area contributed by atoms with Crippen LogP contribution in [0, 0.1) is 0 Å². The topological polar surface area (TPSA) is 70.0 Å². The lowest BCUT2D eigenvalue weighted by molar-refractivity contribution is 0.0731. The molecule has 0 spiro atoms. The fourth-order valence-electron chi connectivity index (χ4n) is 3.75. The number of carbonyl (C=O) groups excluding carboxylic acids is 1. The number of hydrogen-bond donors (Lipinski definition) is 2. The maximum Gasteiger partial charge on any atom is 0.257 e. The van der Waals surface area contributed by atoms with Gasteiger partial charge in [-0.05, 0) is 59.0 Å². The highest BCUT2D eigenvalue weighted by Gasteiger charge is 2.25. The van der Waals surface area contributed by atoms with Gasteiger partial charge in [0.25, 0.3) is 5.91 Å². The second kappa shape index (κ2) is 7.79. The van der Waals surface area contributed by atoms with Gasteiger partial charge in [-0.25, -0.2) is 0 Å². The Bertz CT molecular complexity index is 1100. The maximum absolute atomic E-state index is 12.9. The molecule has 2 N–H and O–H groups in total. The molecule has 0 atom stereocenters. The summed E-state index contributed by atoms with van der Waals surface area (Å²) in [5.41, 5.74) is 4.59. The van der Waals surface area contributed by atoms with Crippen molar-refractivity contribution in [2.24, 2.45) is 0 Å². The van der Waals surface area contributed by atoms with Crippen molar-refractivity contribution < 1.29 is 19.7 Å². The Morgan fingerprint density at radius 2 is 1.90 bits per heavy atom. The lowest BCUT2D eigenvalue weighted by Crippen LogP contribution is -2.36. The molecule has 0 aromatic heterocycles. The quantitative estimate of drug-likeness (QED) is 0.600. The Morgan fingerprint density at radius 3 is 2.66 bits per heavy atom. The Labute approximate surface area is 177 Å². The van der Waals surface area contributed by atoms with Gasteiger partial charge in [0.15, 0.2) is 11.5 Å². The highest BCUT2D eigenvalue weighted by Crippen LogP contribution is 2.36. The molecule has 0 saturated carbocycles. The highest BCUT2D eigenvalue weighted by molar-refractivity contribution is 9.10. The van der Waals surface area contributed by atoms with Crippen LogP contribution in [0.4, 0.5) is 0 Å². The van der Waals surface area contributed by atoms with Crippen molar-refractivity contribution in [1.29, 1.82) is 0 Å². The van der Waals surface area contributed by atoms with Gasteiger partial charge in [0.05, 0.1) is 12.7 Å². The van der Waals surface area contributed by atoms with Gasteiger partial charge in [0, 0.05) is 17.6 Å². The standard InChI is InChI=1S/C23H20BrNO4/c1-29-22-11-14(5-8-20(22)26)17-4-2-3-15-13-25(10-9-18(15)17)23(28)19-7-6-16(24)12-21(19)27/h2-8,11-12,26-27H,9-10,13H2,1H3. The molecular weight excluding hydrogens is 434 g/mol. The fourth-order valence-corrected chi connectivity index (χ4v) is 4.10. The zero-order chi connectivity index (χ0) is 20.5. The zero-order valence-corrected chi connectivity index (χ0v) is 17.4. The van der Waals surface area contributed by atoms with E-state index in [0.29, 0.717) is 30.8 Å². The van der Waals surface area contributed by atoms with Gasteiger partial charge < -0.3 is 19.8 Å². The van der Waals surface area contributed by atoms with Gasteiger partial charge in [0.2, 0.25) is 0 Å². The minimum absolute atomic E-state index is 0.0277. The number of halogens is 1. The number of fused-ring (bicyclic) bond motifs is 1. The van der Waals surface area contributed by atoms with Gasteiger partial charge in [-0.1, -0.05) is 40.2 Å². The minimum atomic E-state index is -0.183. The Balaban J connectivity index is 1.64. The van der Waals surface area contributed by atoms with E-state index in [0.717, 1.165) is 21.2 Å². The number of aromatic hydroxyl groups is 2. The third-order valence-corrected chi connectivity index (χ3v) is 5.73. The first-order valence-corrected chi connectivity index (χ1v) is 10.0. The van der Waals surface area contributed by atoms with Crippen LogP contribution in [0.1, 0.15) is 21.5 Å². The Kier molecular flexibility index (Phi) is 5.20. The van der Waals surface area contributed by atoms with Crippen LogP contribution in [0.15, 0.2) is 59.1 Å². The van der Waals surface area contributed by atoms with E-state index in [4.69, 9.17) is 4.74 Å². The molecule has 1 amide bonds. The number of nitrogens with zero attached hydrogens (tertiary/aromatic N) is 1. The zero-order valence-electron chi connectivity index (χ0n) is 15.9. The Hall–Kier alpha value is -2.99. The minimum Gasteiger partial charge on any atom is -0.507 e. The van der Waals surface area contributed by atoms with E-state index < -0.39 is 0 Å². The molecular formula is C23H20BrNO4. The van der Waals surface area contributed by atoms with Crippen LogP contribution < -0.4 is 4.74 Å². The molecule has 5 nitrogen and oxygen atoms in total.